The molecule has 0 saturated carbocycles. The van der Waals surface area contributed by atoms with Gasteiger partial charge in [-0.15, -0.1) is 0 Å². The summed E-state index contributed by atoms with van der Waals surface area (Å²) in [5.41, 5.74) is 2.88. The van der Waals surface area contributed by atoms with Crippen LogP contribution in [0.3, 0.4) is 0 Å². The fourth-order valence-corrected chi connectivity index (χ4v) is 4.93. The third kappa shape index (κ3) is 5.45. The van der Waals surface area contributed by atoms with Gasteiger partial charge in [0, 0.05) is 35.6 Å². The summed E-state index contributed by atoms with van der Waals surface area (Å²) in [4.78, 5) is 28.4. The molecule has 0 bridgehead atoms. The van der Waals surface area contributed by atoms with E-state index in [1.54, 1.807) is 49.6 Å². The summed E-state index contributed by atoms with van der Waals surface area (Å²) in [6, 6.07) is 17.8. The second-order valence-electron chi connectivity index (χ2n) is 8.78. The van der Waals surface area contributed by atoms with Crippen LogP contribution >= 0.6 is 23.2 Å². The Balaban J connectivity index is 1.61. The van der Waals surface area contributed by atoms with Gasteiger partial charge in [-0.1, -0.05) is 47.5 Å². The van der Waals surface area contributed by atoms with Crippen LogP contribution in [0.2, 0.25) is 10.0 Å². The van der Waals surface area contributed by atoms with Gasteiger partial charge in [0.25, 0.3) is 11.8 Å². The first-order valence-electron chi connectivity index (χ1n) is 11.6. The molecule has 1 fully saturated rings. The third-order valence-corrected chi connectivity index (χ3v) is 7.33. The smallest absolute Gasteiger partial charge is 0.254 e. The van der Waals surface area contributed by atoms with E-state index in [2.05, 4.69) is 5.32 Å². The van der Waals surface area contributed by atoms with Crippen molar-refractivity contribution in [3.63, 3.8) is 0 Å². The highest BCUT2D eigenvalue weighted by molar-refractivity contribution is 6.33. The van der Waals surface area contributed by atoms with Crippen molar-refractivity contribution >= 4 is 35.0 Å². The summed E-state index contributed by atoms with van der Waals surface area (Å²) in [7, 11) is 3.10. The number of piperidine rings is 1. The van der Waals surface area contributed by atoms with E-state index >= 15 is 0 Å². The highest BCUT2D eigenvalue weighted by Gasteiger charge is 2.34. The van der Waals surface area contributed by atoms with Crippen LogP contribution in [-0.4, -0.2) is 50.1 Å². The number of carbonyl (C=O) groups is 2. The Morgan fingerprint density at radius 1 is 0.944 bits per heavy atom. The van der Waals surface area contributed by atoms with Gasteiger partial charge >= 0.3 is 0 Å². The molecule has 1 heterocycles. The van der Waals surface area contributed by atoms with E-state index in [1.807, 2.05) is 30.0 Å². The van der Waals surface area contributed by atoms with Crippen LogP contribution in [0.1, 0.15) is 44.2 Å². The van der Waals surface area contributed by atoms with Crippen LogP contribution in [0.25, 0.3) is 0 Å². The van der Waals surface area contributed by atoms with Crippen LogP contribution < -0.4 is 14.8 Å². The molecule has 2 atom stereocenters. The molecular formula is C28H28Cl2N2O4. The molecule has 3 aromatic carbocycles. The predicted octanol–water partition coefficient (Wildman–Crippen LogP) is 5.75. The molecule has 188 valence electrons. The van der Waals surface area contributed by atoms with Crippen LogP contribution in [0.5, 0.6) is 11.5 Å². The van der Waals surface area contributed by atoms with E-state index in [-0.39, 0.29) is 23.8 Å². The zero-order chi connectivity index (χ0) is 25.8. The Bertz CT molecular complexity index is 1280. The molecule has 0 aliphatic carbocycles. The number of halogens is 2. The summed E-state index contributed by atoms with van der Waals surface area (Å²) in [5.74, 6) is 0.577. The Morgan fingerprint density at radius 3 is 2.39 bits per heavy atom. The predicted molar refractivity (Wildman–Crippen MR) is 142 cm³/mol. The first kappa shape index (κ1) is 25.9. The van der Waals surface area contributed by atoms with Crippen molar-refractivity contribution < 1.29 is 19.1 Å². The first-order chi connectivity index (χ1) is 17.3. The van der Waals surface area contributed by atoms with E-state index in [0.717, 1.165) is 11.1 Å². The van der Waals surface area contributed by atoms with E-state index in [4.69, 9.17) is 32.7 Å². The second kappa shape index (κ2) is 11.2. The molecule has 0 unspecified atom stereocenters. The molecule has 4 rings (SSSR count). The molecule has 0 spiro atoms. The molecule has 3 aromatic rings. The molecule has 0 radical (unpaired) electrons. The van der Waals surface area contributed by atoms with Gasteiger partial charge in [-0.2, -0.15) is 0 Å². The first-order valence-corrected chi connectivity index (χ1v) is 12.4. The summed E-state index contributed by atoms with van der Waals surface area (Å²) in [6.07, 6.45) is 0.585. The lowest BCUT2D eigenvalue weighted by Crippen LogP contribution is -2.51. The Labute approximate surface area is 221 Å². The molecule has 6 nitrogen and oxygen atoms in total. The summed E-state index contributed by atoms with van der Waals surface area (Å²) < 4.78 is 10.7. The number of amides is 2. The normalized spacial score (nSPS) is 17.4. The number of aryl methyl sites for hydroxylation is 1. The van der Waals surface area contributed by atoms with E-state index in [1.165, 1.54) is 7.11 Å². The molecule has 0 aromatic heterocycles. The highest BCUT2D eigenvalue weighted by atomic mass is 35.5. The monoisotopic (exact) mass is 526 g/mol. The van der Waals surface area contributed by atoms with Crippen molar-refractivity contribution in [2.24, 2.45) is 0 Å². The number of nitrogens with zero attached hydrogens (tertiary/aromatic N) is 1. The molecule has 8 heteroatoms. The van der Waals surface area contributed by atoms with Crippen molar-refractivity contribution in [2.75, 3.05) is 27.3 Å². The van der Waals surface area contributed by atoms with Gasteiger partial charge in [0.1, 0.15) is 0 Å². The average molecular weight is 527 g/mol. The van der Waals surface area contributed by atoms with E-state index < -0.39 is 0 Å². The highest BCUT2D eigenvalue weighted by Crippen LogP contribution is 2.33. The van der Waals surface area contributed by atoms with Gasteiger partial charge < -0.3 is 19.7 Å². The van der Waals surface area contributed by atoms with E-state index in [9.17, 15) is 9.59 Å². The number of hydrogen-bond acceptors (Lipinski definition) is 4. The molecule has 1 saturated heterocycles. The molecule has 2 amide bonds. The summed E-state index contributed by atoms with van der Waals surface area (Å²) in [5, 5.41) is 4.23. The average Bonchev–Trinajstić information content (AvgIpc) is 2.89. The van der Waals surface area contributed by atoms with Crippen molar-refractivity contribution in [2.45, 2.75) is 25.3 Å². The number of carbonyl (C=O) groups excluding carboxylic acids is 2. The fraction of sp³-hybridized carbons (Fsp3) is 0.286. The van der Waals surface area contributed by atoms with Gasteiger partial charge in [0.15, 0.2) is 11.5 Å². The van der Waals surface area contributed by atoms with Crippen LogP contribution in [0.4, 0.5) is 0 Å². The van der Waals surface area contributed by atoms with Gasteiger partial charge in [0.05, 0.1) is 24.8 Å². The Hall–Kier alpha value is -3.22. The van der Waals surface area contributed by atoms with Crippen molar-refractivity contribution in [1.82, 2.24) is 10.2 Å². The standard InChI is InChI=1S/C28H28Cl2N2O4/c1-17-14-18(8-10-22(17)29)21-16-32(28(34)19-9-11-25(35-2)26(15-19)36-3)13-12-24(21)31-27(33)20-6-4-5-7-23(20)30/h4-11,14-15,21,24H,12-13,16H2,1-3H3,(H,31,33)/t21-,24+/m1/s1. The van der Waals surface area contributed by atoms with Crippen LogP contribution in [0, 0.1) is 6.92 Å². The number of likely N-dealkylation sites (tertiary alicyclic amines) is 1. The Morgan fingerprint density at radius 2 is 1.69 bits per heavy atom. The third-order valence-electron chi connectivity index (χ3n) is 6.58. The lowest BCUT2D eigenvalue weighted by Gasteiger charge is -2.39. The van der Waals surface area contributed by atoms with Crippen molar-refractivity contribution in [3.8, 4) is 11.5 Å². The molecule has 36 heavy (non-hydrogen) atoms. The van der Waals surface area contributed by atoms with E-state index in [0.29, 0.717) is 52.2 Å². The van der Waals surface area contributed by atoms with Gasteiger partial charge in [-0.25, -0.2) is 0 Å². The van der Waals surface area contributed by atoms with Gasteiger partial charge in [-0.3, -0.25) is 9.59 Å². The number of ether oxygens (including phenoxy) is 2. The molecule has 1 N–H and O–H groups in total. The minimum atomic E-state index is -0.235. The van der Waals surface area contributed by atoms with Crippen molar-refractivity contribution in [1.29, 1.82) is 0 Å². The lowest BCUT2D eigenvalue weighted by atomic mass is 9.84. The second-order valence-corrected chi connectivity index (χ2v) is 9.60. The zero-order valence-corrected chi connectivity index (χ0v) is 21.9. The zero-order valence-electron chi connectivity index (χ0n) is 20.4. The SMILES string of the molecule is COc1ccc(C(=O)N2CC[C@H](NC(=O)c3ccccc3Cl)[C@@H](c3ccc(Cl)c(C)c3)C2)cc1OC. The molecule has 1 aliphatic heterocycles. The number of benzene rings is 3. The Kier molecular flexibility index (Phi) is 8.07. The van der Waals surface area contributed by atoms with Crippen molar-refractivity contribution in [3.05, 3.63) is 93.0 Å². The topological polar surface area (TPSA) is 67.9 Å². The number of rotatable bonds is 6. The van der Waals surface area contributed by atoms with Crippen LogP contribution in [0.15, 0.2) is 60.7 Å². The maximum absolute atomic E-state index is 13.5. The largest absolute Gasteiger partial charge is 0.493 e. The van der Waals surface area contributed by atoms with Gasteiger partial charge in [-0.05, 0) is 60.9 Å². The minimum Gasteiger partial charge on any atom is -0.493 e. The quantitative estimate of drug-likeness (QED) is 0.444. The van der Waals surface area contributed by atoms with Gasteiger partial charge in [0.2, 0.25) is 0 Å². The maximum Gasteiger partial charge on any atom is 0.254 e. The van der Waals surface area contributed by atoms with Crippen LogP contribution in [-0.2, 0) is 0 Å². The number of nitrogens with one attached hydrogen (secondary N) is 1. The fourth-order valence-electron chi connectivity index (χ4n) is 4.59. The summed E-state index contributed by atoms with van der Waals surface area (Å²) >= 11 is 12.5. The molecule has 1 aliphatic rings. The number of hydrogen-bond donors (Lipinski definition) is 1. The minimum absolute atomic E-state index is 0.109. The molecular weight excluding hydrogens is 499 g/mol. The maximum atomic E-state index is 13.5. The number of methoxy groups -OCH3 is 2. The summed E-state index contributed by atoms with van der Waals surface area (Å²) in [6.45, 7) is 2.87. The lowest BCUT2D eigenvalue weighted by molar-refractivity contribution is 0.0671.